The number of benzene rings is 1. The number of hydrogen-bond acceptors (Lipinski definition) is 4. The van der Waals surface area contributed by atoms with Crippen LogP contribution in [0.2, 0.25) is 5.02 Å². The average Bonchev–Trinajstić information content (AvgIpc) is 3.04. The van der Waals surface area contributed by atoms with E-state index in [1.165, 1.54) is 7.11 Å². The molecule has 1 aliphatic heterocycles. The van der Waals surface area contributed by atoms with Crippen molar-refractivity contribution in [2.45, 2.75) is 32.4 Å². The molecular formula is C17H20ClN3O3. The lowest BCUT2D eigenvalue weighted by Gasteiger charge is -2.25. The van der Waals surface area contributed by atoms with E-state index in [1.54, 1.807) is 18.3 Å². The molecule has 1 amide bonds. The zero-order chi connectivity index (χ0) is 17.1. The standard InChI is InChI=1S/C17H20ClN3O3/c1-3-24-16-13(18)8-11(9-14(16)23-2)17(22)20-12-4-5-15-19-6-7-21(15)10-12/h6-9,12H,3-5,10H2,1-2H3,(H,20,22)/t12-/m0/s1. The molecule has 2 aromatic rings. The van der Waals surface area contributed by atoms with Crippen LogP contribution in [0.4, 0.5) is 0 Å². The van der Waals surface area contributed by atoms with Gasteiger partial charge >= 0.3 is 0 Å². The maximum atomic E-state index is 12.6. The summed E-state index contributed by atoms with van der Waals surface area (Å²) in [6, 6.07) is 3.32. The molecule has 0 saturated heterocycles. The van der Waals surface area contributed by atoms with Crippen LogP contribution >= 0.6 is 11.6 Å². The first kappa shape index (κ1) is 16.6. The summed E-state index contributed by atoms with van der Waals surface area (Å²) in [6.45, 7) is 3.06. The van der Waals surface area contributed by atoms with Gasteiger partial charge in [0.1, 0.15) is 5.82 Å². The first-order valence-electron chi connectivity index (χ1n) is 7.93. The molecule has 3 rings (SSSR count). The molecule has 0 fully saturated rings. The third kappa shape index (κ3) is 3.33. The maximum Gasteiger partial charge on any atom is 0.251 e. The Morgan fingerprint density at radius 3 is 3.08 bits per heavy atom. The van der Waals surface area contributed by atoms with E-state index in [0.29, 0.717) is 28.7 Å². The molecule has 1 atom stereocenters. The third-order valence-corrected chi connectivity index (χ3v) is 4.33. The predicted octanol–water partition coefficient (Wildman–Crippen LogP) is 2.69. The van der Waals surface area contributed by atoms with Gasteiger partial charge < -0.3 is 19.4 Å². The topological polar surface area (TPSA) is 65.4 Å². The Hall–Kier alpha value is -2.21. The highest BCUT2D eigenvalue weighted by Gasteiger charge is 2.22. The Kier molecular flexibility index (Phi) is 4.94. The normalized spacial score (nSPS) is 16.4. The Balaban J connectivity index is 1.74. The number of fused-ring (bicyclic) bond motifs is 1. The predicted molar refractivity (Wildman–Crippen MR) is 91.0 cm³/mol. The highest BCUT2D eigenvalue weighted by molar-refractivity contribution is 6.32. The van der Waals surface area contributed by atoms with Crippen LogP contribution in [-0.4, -0.2) is 35.2 Å². The van der Waals surface area contributed by atoms with Gasteiger partial charge in [-0.15, -0.1) is 0 Å². The van der Waals surface area contributed by atoms with Gasteiger partial charge in [0.2, 0.25) is 0 Å². The second kappa shape index (κ2) is 7.13. The van der Waals surface area contributed by atoms with Gasteiger partial charge in [-0.3, -0.25) is 4.79 Å². The average molecular weight is 350 g/mol. The Morgan fingerprint density at radius 1 is 1.50 bits per heavy atom. The van der Waals surface area contributed by atoms with Gasteiger partial charge in [0.15, 0.2) is 11.5 Å². The molecule has 0 radical (unpaired) electrons. The van der Waals surface area contributed by atoms with E-state index in [2.05, 4.69) is 14.9 Å². The molecule has 24 heavy (non-hydrogen) atoms. The van der Waals surface area contributed by atoms with Crippen LogP contribution in [0.1, 0.15) is 29.5 Å². The van der Waals surface area contributed by atoms with Crippen LogP contribution in [-0.2, 0) is 13.0 Å². The van der Waals surface area contributed by atoms with E-state index in [-0.39, 0.29) is 11.9 Å². The van der Waals surface area contributed by atoms with Gasteiger partial charge in [-0.25, -0.2) is 4.98 Å². The molecule has 0 unspecified atom stereocenters. The molecule has 0 saturated carbocycles. The number of nitrogens with zero attached hydrogens (tertiary/aromatic N) is 2. The summed E-state index contributed by atoms with van der Waals surface area (Å²) in [5.74, 6) is 1.80. The molecule has 2 heterocycles. The van der Waals surface area contributed by atoms with Crippen molar-refractivity contribution in [2.75, 3.05) is 13.7 Å². The van der Waals surface area contributed by atoms with E-state index in [1.807, 2.05) is 13.1 Å². The van der Waals surface area contributed by atoms with E-state index in [0.717, 1.165) is 25.2 Å². The number of carbonyl (C=O) groups excluding carboxylic acids is 1. The minimum Gasteiger partial charge on any atom is -0.493 e. The first-order valence-corrected chi connectivity index (χ1v) is 8.31. The van der Waals surface area contributed by atoms with Gasteiger partial charge in [0, 0.05) is 37.0 Å². The molecule has 1 N–H and O–H groups in total. The minimum absolute atomic E-state index is 0.0653. The van der Waals surface area contributed by atoms with Crippen LogP contribution in [0.15, 0.2) is 24.5 Å². The fourth-order valence-corrected chi connectivity index (χ4v) is 3.15. The zero-order valence-corrected chi connectivity index (χ0v) is 14.5. The summed E-state index contributed by atoms with van der Waals surface area (Å²) in [6.07, 6.45) is 5.44. The van der Waals surface area contributed by atoms with Crippen molar-refractivity contribution in [1.29, 1.82) is 0 Å². The van der Waals surface area contributed by atoms with Crippen molar-refractivity contribution >= 4 is 17.5 Å². The maximum absolute atomic E-state index is 12.6. The molecule has 128 valence electrons. The van der Waals surface area contributed by atoms with Crippen LogP contribution in [0, 0.1) is 0 Å². The fourth-order valence-electron chi connectivity index (χ4n) is 2.89. The van der Waals surface area contributed by atoms with E-state index in [4.69, 9.17) is 21.1 Å². The number of aromatic nitrogens is 2. The van der Waals surface area contributed by atoms with Gasteiger partial charge in [-0.05, 0) is 25.5 Å². The number of rotatable bonds is 5. The van der Waals surface area contributed by atoms with E-state index >= 15 is 0 Å². The van der Waals surface area contributed by atoms with Crippen LogP contribution in [0.25, 0.3) is 0 Å². The molecule has 6 nitrogen and oxygen atoms in total. The lowest BCUT2D eigenvalue weighted by molar-refractivity contribution is 0.0927. The van der Waals surface area contributed by atoms with Crippen LogP contribution < -0.4 is 14.8 Å². The van der Waals surface area contributed by atoms with Gasteiger partial charge in [-0.1, -0.05) is 11.6 Å². The minimum atomic E-state index is -0.174. The smallest absolute Gasteiger partial charge is 0.251 e. The van der Waals surface area contributed by atoms with Crippen molar-refractivity contribution in [3.8, 4) is 11.5 Å². The lowest BCUT2D eigenvalue weighted by atomic mass is 10.1. The fraction of sp³-hybridized carbons (Fsp3) is 0.412. The number of imidazole rings is 1. The van der Waals surface area contributed by atoms with E-state index in [9.17, 15) is 4.79 Å². The van der Waals surface area contributed by atoms with Crippen molar-refractivity contribution in [1.82, 2.24) is 14.9 Å². The zero-order valence-electron chi connectivity index (χ0n) is 13.7. The second-order valence-electron chi connectivity index (χ2n) is 5.63. The third-order valence-electron chi connectivity index (χ3n) is 4.05. The number of amides is 1. The summed E-state index contributed by atoms with van der Waals surface area (Å²) in [5.41, 5.74) is 0.455. The summed E-state index contributed by atoms with van der Waals surface area (Å²) < 4.78 is 12.8. The van der Waals surface area contributed by atoms with Gasteiger partial charge in [0.25, 0.3) is 5.91 Å². The highest BCUT2D eigenvalue weighted by Crippen LogP contribution is 2.36. The molecule has 0 spiro atoms. The quantitative estimate of drug-likeness (QED) is 0.901. The number of methoxy groups -OCH3 is 1. The number of carbonyl (C=O) groups is 1. The van der Waals surface area contributed by atoms with Crippen LogP contribution in [0.5, 0.6) is 11.5 Å². The number of halogens is 1. The molecule has 1 aromatic heterocycles. The Morgan fingerprint density at radius 2 is 2.33 bits per heavy atom. The SMILES string of the molecule is CCOc1c(Cl)cc(C(=O)N[C@H]2CCc3nccn3C2)cc1OC. The lowest BCUT2D eigenvalue weighted by Crippen LogP contribution is -2.40. The molecular weight excluding hydrogens is 330 g/mol. The number of ether oxygens (including phenoxy) is 2. The van der Waals surface area contributed by atoms with Crippen molar-refractivity contribution in [3.63, 3.8) is 0 Å². The first-order chi connectivity index (χ1) is 11.6. The number of hydrogen-bond donors (Lipinski definition) is 1. The van der Waals surface area contributed by atoms with Crippen molar-refractivity contribution < 1.29 is 14.3 Å². The number of nitrogens with one attached hydrogen (secondary N) is 1. The van der Waals surface area contributed by atoms with Gasteiger partial charge in [0.05, 0.1) is 18.7 Å². The number of aryl methyl sites for hydroxylation is 1. The van der Waals surface area contributed by atoms with Crippen LogP contribution in [0.3, 0.4) is 0 Å². The monoisotopic (exact) mass is 349 g/mol. The summed E-state index contributed by atoms with van der Waals surface area (Å²) in [5, 5.41) is 3.42. The van der Waals surface area contributed by atoms with Crippen molar-refractivity contribution in [2.24, 2.45) is 0 Å². The Bertz CT molecular complexity index is 745. The van der Waals surface area contributed by atoms with Crippen molar-refractivity contribution in [3.05, 3.63) is 40.9 Å². The molecule has 7 heteroatoms. The molecule has 1 aliphatic rings. The van der Waals surface area contributed by atoms with Gasteiger partial charge in [-0.2, -0.15) is 0 Å². The molecule has 0 bridgehead atoms. The Labute approximate surface area is 145 Å². The highest BCUT2D eigenvalue weighted by atomic mass is 35.5. The molecule has 1 aromatic carbocycles. The summed E-state index contributed by atoms with van der Waals surface area (Å²) >= 11 is 6.23. The summed E-state index contributed by atoms with van der Waals surface area (Å²) in [4.78, 5) is 16.9. The van der Waals surface area contributed by atoms with E-state index < -0.39 is 0 Å². The molecule has 0 aliphatic carbocycles. The largest absolute Gasteiger partial charge is 0.493 e. The summed E-state index contributed by atoms with van der Waals surface area (Å²) in [7, 11) is 1.53. The second-order valence-corrected chi connectivity index (χ2v) is 6.03.